The van der Waals surface area contributed by atoms with Crippen LogP contribution in [0, 0.1) is 0 Å². The van der Waals surface area contributed by atoms with Gasteiger partial charge < -0.3 is 14.2 Å². The average Bonchev–Trinajstić information content (AvgIpc) is 2.61. The number of carbonyl (C=O) groups excluding carboxylic acids is 1. The van der Waals surface area contributed by atoms with Crippen LogP contribution in [-0.2, 0) is 0 Å². The summed E-state index contributed by atoms with van der Waals surface area (Å²) in [5.41, 5.74) is 3.63. The molecule has 1 N–H and O–H groups in total. The van der Waals surface area contributed by atoms with E-state index in [9.17, 15) is 4.79 Å². The highest BCUT2D eigenvalue weighted by molar-refractivity contribution is 9.10. The molecule has 0 bridgehead atoms. The van der Waals surface area contributed by atoms with Gasteiger partial charge in [-0.15, -0.1) is 0 Å². The first-order chi connectivity index (χ1) is 11.6. The zero-order valence-electron chi connectivity index (χ0n) is 13.5. The number of benzene rings is 2. The Morgan fingerprint density at radius 3 is 2.25 bits per heavy atom. The van der Waals surface area contributed by atoms with Crippen LogP contribution in [0.25, 0.3) is 0 Å². The lowest BCUT2D eigenvalue weighted by atomic mass is 10.2. The van der Waals surface area contributed by atoms with Crippen LogP contribution in [0.1, 0.15) is 15.9 Å². The first-order valence-corrected chi connectivity index (χ1v) is 7.78. The maximum absolute atomic E-state index is 12.0. The van der Waals surface area contributed by atoms with Crippen molar-refractivity contribution in [2.45, 2.75) is 0 Å². The van der Waals surface area contributed by atoms with Crippen molar-refractivity contribution in [1.82, 2.24) is 5.43 Å². The van der Waals surface area contributed by atoms with Gasteiger partial charge in [0, 0.05) is 15.6 Å². The van der Waals surface area contributed by atoms with Crippen LogP contribution in [0.15, 0.2) is 46.0 Å². The van der Waals surface area contributed by atoms with Gasteiger partial charge in [-0.05, 0) is 36.4 Å². The minimum atomic E-state index is -0.307. The van der Waals surface area contributed by atoms with Crippen LogP contribution >= 0.6 is 15.9 Å². The summed E-state index contributed by atoms with van der Waals surface area (Å²) in [4.78, 5) is 12.0. The third-order valence-corrected chi connectivity index (χ3v) is 3.74. The fraction of sp³-hybridized carbons (Fsp3) is 0.176. The lowest BCUT2D eigenvalue weighted by molar-refractivity contribution is 0.0955. The van der Waals surface area contributed by atoms with Crippen LogP contribution in [0.3, 0.4) is 0 Å². The molecule has 7 heteroatoms. The number of hydrogen-bond donors (Lipinski definition) is 1. The maximum atomic E-state index is 12.0. The smallest absolute Gasteiger partial charge is 0.271 e. The van der Waals surface area contributed by atoms with Crippen LogP contribution in [0.2, 0.25) is 0 Å². The molecule has 1 amide bonds. The van der Waals surface area contributed by atoms with Crippen LogP contribution < -0.4 is 19.6 Å². The highest BCUT2D eigenvalue weighted by Gasteiger charge is 2.14. The monoisotopic (exact) mass is 392 g/mol. The summed E-state index contributed by atoms with van der Waals surface area (Å²) >= 11 is 3.32. The molecule has 126 valence electrons. The molecule has 0 aliphatic carbocycles. The van der Waals surface area contributed by atoms with E-state index >= 15 is 0 Å². The standard InChI is InChI=1S/C17H17BrN2O4/c1-22-14-9-6-12(15(23-2)16(14)24-3)10-19-20-17(21)11-4-7-13(18)8-5-11/h4-10H,1-3H3,(H,20,21)/b19-10-. The lowest BCUT2D eigenvalue weighted by Gasteiger charge is -2.13. The number of amides is 1. The summed E-state index contributed by atoms with van der Waals surface area (Å²) in [5, 5.41) is 3.97. The highest BCUT2D eigenvalue weighted by Crippen LogP contribution is 2.38. The number of carbonyl (C=O) groups is 1. The highest BCUT2D eigenvalue weighted by atomic mass is 79.9. The van der Waals surface area contributed by atoms with Crippen molar-refractivity contribution in [3.8, 4) is 17.2 Å². The van der Waals surface area contributed by atoms with Gasteiger partial charge in [-0.3, -0.25) is 4.79 Å². The fourth-order valence-corrected chi connectivity index (χ4v) is 2.32. The Balaban J connectivity index is 2.17. The van der Waals surface area contributed by atoms with Gasteiger partial charge >= 0.3 is 0 Å². The predicted octanol–water partition coefficient (Wildman–Crippen LogP) is 3.24. The second-order valence-electron chi connectivity index (χ2n) is 4.63. The van der Waals surface area contributed by atoms with Crippen LogP contribution in [0.5, 0.6) is 17.2 Å². The minimum absolute atomic E-state index is 0.307. The Kier molecular flexibility index (Phi) is 6.20. The molecule has 24 heavy (non-hydrogen) atoms. The number of ether oxygens (including phenoxy) is 3. The molecule has 2 aromatic carbocycles. The van der Waals surface area contributed by atoms with Gasteiger partial charge in [0.15, 0.2) is 11.5 Å². The van der Waals surface area contributed by atoms with Crippen molar-refractivity contribution in [2.24, 2.45) is 5.10 Å². The minimum Gasteiger partial charge on any atom is -0.493 e. The van der Waals surface area contributed by atoms with Crippen molar-refractivity contribution < 1.29 is 19.0 Å². The van der Waals surface area contributed by atoms with E-state index < -0.39 is 0 Å². The molecule has 0 atom stereocenters. The molecular weight excluding hydrogens is 376 g/mol. The molecule has 0 aromatic heterocycles. The van der Waals surface area contributed by atoms with Crippen molar-refractivity contribution in [3.63, 3.8) is 0 Å². The molecule has 0 unspecified atom stereocenters. The quantitative estimate of drug-likeness (QED) is 0.605. The zero-order chi connectivity index (χ0) is 17.5. The molecule has 2 aromatic rings. The molecule has 0 aliphatic rings. The fourth-order valence-electron chi connectivity index (χ4n) is 2.05. The Morgan fingerprint density at radius 2 is 1.67 bits per heavy atom. The Morgan fingerprint density at radius 1 is 1.00 bits per heavy atom. The van der Waals surface area contributed by atoms with Crippen molar-refractivity contribution in [2.75, 3.05) is 21.3 Å². The van der Waals surface area contributed by atoms with Gasteiger partial charge in [-0.2, -0.15) is 5.10 Å². The molecule has 0 aliphatic heterocycles. The van der Waals surface area contributed by atoms with Gasteiger partial charge in [-0.1, -0.05) is 15.9 Å². The van der Waals surface area contributed by atoms with Crippen molar-refractivity contribution in [3.05, 3.63) is 52.0 Å². The van der Waals surface area contributed by atoms with Gasteiger partial charge in [0.25, 0.3) is 5.91 Å². The van der Waals surface area contributed by atoms with Gasteiger partial charge in [0.05, 0.1) is 27.5 Å². The summed E-state index contributed by atoms with van der Waals surface area (Å²) in [6.07, 6.45) is 1.48. The number of methoxy groups -OCH3 is 3. The summed E-state index contributed by atoms with van der Waals surface area (Å²) in [6.45, 7) is 0. The van der Waals surface area contributed by atoms with E-state index in [1.54, 1.807) is 43.5 Å². The largest absolute Gasteiger partial charge is 0.493 e. The molecule has 0 heterocycles. The summed E-state index contributed by atoms with van der Waals surface area (Å²) in [7, 11) is 4.59. The Hall–Kier alpha value is -2.54. The maximum Gasteiger partial charge on any atom is 0.271 e. The number of nitrogens with one attached hydrogen (secondary N) is 1. The van der Waals surface area contributed by atoms with E-state index in [4.69, 9.17) is 14.2 Å². The molecule has 0 fully saturated rings. The Bertz CT molecular complexity index is 745. The summed E-state index contributed by atoms with van der Waals surface area (Å²) in [5.74, 6) is 1.17. The predicted molar refractivity (Wildman–Crippen MR) is 95.3 cm³/mol. The second kappa shape index (κ2) is 8.35. The summed E-state index contributed by atoms with van der Waals surface area (Å²) in [6, 6.07) is 10.5. The SMILES string of the molecule is COc1ccc(/C=N\NC(=O)c2ccc(Br)cc2)c(OC)c1OC. The summed E-state index contributed by atoms with van der Waals surface area (Å²) < 4.78 is 16.8. The van der Waals surface area contributed by atoms with Crippen LogP contribution in [0.4, 0.5) is 0 Å². The van der Waals surface area contributed by atoms with Crippen molar-refractivity contribution >= 4 is 28.1 Å². The van der Waals surface area contributed by atoms with Gasteiger partial charge in [0.1, 0.15) is 0 Å². The number of hydrogen-bond acceptors (Lipinski definition) is 5. The average molecular weight is 393 g/mol. The topological polar surface area (TPSA) is 69.2 Å². The first-order valence-electron chi connectivity index (χ1n) is 6.98. The molecule has 0 saturated carbocycles. The lowest BCUT2D eigenvalue weighted by Crippen LogP contribution is -2.17. The van der Waals surface area contributed by atoms with E-state index in [0.29, 0.717) is 28.4 Å². The molecule has 6 nitrogen and oxygen atoms in total. The molecule has 0 radical (unpaired) electrons. The zero-order valence-corrected chi connectivity index (χ0v) is 15.1. The molecular formula is C17H17BrN2O4. The van der Waals surface area contributed by atoms with E-state index in [2.05, 4.69) is 26.5 Å². The number of halogens is 1. The number of rotatable bonds is 6. The first kappa shape index (κ1) is 17.8. The Labute approximate surface area is 148 Å². The van der Waals surface area contributed by atoms with E-state index in [1.807, 2.05) is 0 Å². The molecule has 0 saturated heterocycles. The van der Waals surface area contributed by atoms with E-state index in [0.717, 1.165) is 4.47 Å². The third-order valence-electron chi connectivity index (χ3n) is 3.21. The molecule has 2 rings (SSSR count). The third kappa shape index (κ3) is 4.05. The normalized spacial score (nSPS) is 10.5. The van der Waals surface area contributed by atoms with Gasteiger partial charge in [0.2, 0.25) is 5.75 Å². The number of hydrazone groups is 1. The van der Waals surface area contributed by atoms with E-state index in [1.165, 1.54) is 20.4 Å². The number of nitrogens with zero attached hydrogens (tertiary/aromatic N) is 1. The van der Waals surface area contributed by atoms with Crippen molar-refractivity contribution in [1.29, 1.82) is 0 Å². The molecule has 0 spiro atoms. The second-order valence-corrected chi connectivity index (χ2v) is 5.55. The van der Waals surface area contributed by atoms with E-state index in [-0.39, 0.29) is 5.91 Å². The van der Waals surface area contributed by atoms with Gasteiger partial charge in [-0.25, -0.2) is 5.43 Å². The van der Waals surface area contributed by atoms with Crippen LogP contribution in [-0.4, -0.2) is 33.5 Å².